The number of para-hydroxylation sites is 1. The molecule has 0 aliphatic rings. The van der Waals surface area contributed by atoms with Crippen LogP contribution in [0, 0.1) is 10.1 Å². The first-order valence-electron chi connectivity index (χ1n) is 5.53. The number of nitro benzene ring substituents is 1. The molecule has 20 heavy (non-hydrogen) atoms. The first-order valence-corrected chi connectivity index (χ1v) is 5.53. The van der Waals surface area contributed by atoms with Crippen LogP contribution in [0.5, 0.6) is 0 Å². The third-order valence-electron chi connectivity index (χ3n) is 2.53. The number of hydrogen-bond donors (Lipinski definition) is 2. The molecule has 0 radical (unpaired) electrons. The van der Waals surface area contributed by atoms with Crippen LogP contribution in [0.25, 0.3) is 10.9 Å². The normalized spacial score (nSPS) is 10.2. The lowest BCUT2D eigenvalue weighted by Crippen LogP contribution is -2.29. The molecule has 0 fully saturated rings. The maximum atomic E-state index is 11.7. The van der Waals surface area contributed by atoms with Crippen LogP contribution in [0.1, 0.15) is 10.5 Å². The Balaban J connectivity index is 2.42. The minimum atomic E-state index is -1.19. The van der Waals surface area contributed by atoms with Crippen LogP contribution in [0.2, 0.25) is 0 Å². The van der Waals surface area contributed by atoms with Crippen LogP contribution in [-0.2, 0) is 4.79 Å². The van der Waals surface area contributed by atoms with Crippen LogP contribution >= 0.6 is 0 Å². The van der Waals surface area contributed by atoms with Crippen LogP contribution in [-0.4, -0.2) is 33.4 Å². The van der Waals surface area contributed by atoms with Crippen molar-refractivity contribution in [2.24, 2.45) is 0 Å². The molecule has 1 aromatic carbocycles. The number of nitrogens with zero attached hydrogens (tertiary/aromatic N) is 2. The summed E-state index contributed by atoms with van der Waals surface area (Å²) in [6.07, 6.45) is 0. The van der Waals surface area contributed by atoms with E-state index in [2.05, 4.69) is 10.3 Å². The van der Waals surface area contributed by atoms with Gasteiger partial charge >= 0.3 is 5.97 Å². The average molecular weight is 275 g/mol. The summed E-state index contributed by atoms with van der Waals surface area (Å²) in [4.78, 5) is 36.3. The highest BCUT2D eigenvalue weighted by atomic mass is 16.6. The number of carbonyl (C=O) groups is 2. The fourth-order valence-corrected chi connectivity index (χ4v) is 1.65. The van der Waals surface area contributed by atoms with Crippen molar-refractivity contribution in [2.75, 3.05) is 6.54 Å². The number of carboxylic acid groups (broad SMARTS) is 1. The molecule has 2 rings (SSSR count). The lowest BCUT2D eigenvalue weighted by atomic mass is 10.1. The number of nitro groups is 1. The third-order valence-corrected chi connectivity index (χ3v) is 2.53. The number of hydrogen-bond acceptors (Lipinski definition) is 5. The maximum absolute atomic E-state index is 11.7. The van der Waals surface area contributed by atoms with E-state index < -0.39 is 23.3 Å². The number of carbonyl (C=O) groups excluding carboxylic acids is 1. The molecule has 102 valence electrons. The quantitative estimate of drug-likeness (QED) is 0.632. The number of aliphatic carboxylic acids is 1. The highest BCUT2D eigenvalue weighted by Gasteiger charge is 2.15. The lowest BCUT2D eigenvalue weighted by molar-refractivity contribution is -0.383. The van der Waals surface area contributed by atoms with Gasteiger partial charge in [-0.25, -0.2) is 4.98 Å². The van der Waals surface area contributed by atoms with Crippen molar-refractivity contribution in [2.45, 2.75) is 0 Å². The second-order valence-corrected chi connectivity index (χ2v) is 3.88. The minimum Gasteiger partial charge on any atom is -0.480 e. The fraction of sp³-hybridized carbons (Fsp3) is 0.0833. The molecule has 1 heterocycles. The van der Waals surface area contributed by atoms with Crippen molar-refractivity contribution >= 4 is 28.5 Å². The number of non-ortho nitro benzene ring substituents is 1. The monoisotopic (exact) mass is 275 g/mol. The zero-order valence-electron chi connectivity index (χ0n) is 10.1. The van der Waals surface area contributed by atoms with Gasteiger partial charge in [-0.3, -0.25) is 19.7 Å². The molecule has 1 amide bonds. The third kappa shape index (κ3) is 2.69. The predicted octanol–water partition coefficient (Wildman–Crippen LogP) is 0.957. The topological polar surface area (TPSA) is 122 Å². The number of nitrogens with one attached hydrogen (secondary N) is 1. The first kappa shape index (κ1) is 13.4. The number of aromatic nitrogens is 1. The smallest absolute Gasteiger partial charge is 0.322 e. The van der Waals surface area contributed by atoms with Crippen molar-refractivity contribution in [1.29, 1.82) is 0 Å². The zero-order chi connectivity index (χ0) is 14.7. The molecule has 0 unspecified atom stereocenters. The largest absolute Gasteiger partial charge is 0.480 e. The van der Waals surface area contributed by atoms with Gasteiger partial charge in [0, 0.05) is 11.5 Å². The van der Waals surface area contributed by atoms with Crippen LogP contribution < -0.4 is 5.32 Å². The fourth-order valence-electron chi connectivity index (χ4n) is 1.65. The Morgan fingerprint density at radius 1 is 1.30 bits per heavy atom. The van der Waals surface area contributed by atoms with E-state index in [1.54, 1.807) is 6.07 Å². The van der Waals surface area contributed by atoms with Crippen molar-refractivity contribution < 1.29 is 19.6 Å². The SMILES string of the molecule is O=C(O)CNC(=O)c1ccc2cccc([N+](=O)[O-])c2n1. The number of rotatable bonds is 4. The molecule has 0 spiro atoms. The second kappa shape index (κ2) is 5.31. The summed E-state index contributed by atoms with van der Waals surface area (Å²) in [5.74, 6) is -1.89. The molecule has 0 aliphatic carbocycles. The number of amides is 1. The van der Waals surface area contributed by atoms with Gasteiger partial charge in [0.2, 0.25) is 0 Å². The Morgan fingerprint density at radius 2 is 2.05 bits per heavy atom. The number of benzene rings is 1. The van der Waals surface area contributed by atoms with Crippen LogP contribution in [0.3, 0.4) is 0 Å². The van der Waals surface area contributed by atoms with Gasteiger partial charge in [0.25, 0.3) is 11.6 Å². The zero-order valence-corrected chi connectivity index (χ0v) is 10.1. The van der Waals surface area contributed by atoms with Gasteiger partial charge in [-0.2, -0.15) is 0 Å². The highest BCUT2D eigenvalue weighted by molar-refractivity contribution is 5.97. The second-order valence-electron chi connectivity index (χ2n) is 3.88. The first-order chi connectivity index (χ1) is 9.49. The maximum Gasteiger partial charge on any atom is 0.322 e. The summed E-state index contributed by atoms with van der Waals surface area (Å²) >= 11 is 0. The van der Waals surface area contributed by atoms with E-state index in [1.165, 1.54) is 24.3 Å². The standard InChI is InChI=1S/C12H9N3O5/c16-10(17)6-13-12(18)8-5-4-7-2-1-3-9(15(19)20)11(7)14-8/h1-5H,6H2,(H,13,18)(H,16,17). The van der Waals surface area contributed by atoms with Crippen LogP contribution in [0.4, 0.5) is 5.69 Å². The van der Waals surface area contributed by atoms with Gasteiger partial charge in [0.15, 0.2) is 0 Å². The Kier molecular flexibility index (Phi) is 3.56. The van der Waals surface area contributed by atoms with Gasteiger partial charge in [0.05, 0.1) is 4.92 Å². The Hall–Kier alpha value is -3.03. The van der Waals surface area contributed by atoms with E-state index in [0.717, 1.165) is 0 Å². The van der Waals surface area contributed by atoms with Crippen molar-refractivity contribution in [3.8, 4) is 0 Å². The summed E-state index contributed by atoms with van der Waals surface area (Å²) < 4.78 is 0. The van der Waals surface area contributed by atoms with E-state index >= 15 is 0 Å². The molecular weight excluding hydrogens is 266 g/mol. The summed E-state index contributed by atoms with van der Waals surface area (Å²) in [7, 11) is 0. The Labute approximate surface area is 112 Å². The molecule has 0 atom stereocenters. The molecule has 0 aliphatic heterocycles. The molecular formula is C12H9N3O5. The summed E-state index contributed by atoms with van der Waals surface area (Å²) in [6, 6.07) is 7.34. The molecule has 2 N–H and O–H groups in total. The number of fused-ring (bicyclic) bond motifs is 1. The number of carboxylic acids is 1. The van der Waals surface area contributed by atoms with E-state index in [-0.39, 0.29) is 16.9 Å². The molecule has 2 aromatic rings. The van der Waals surface area contributed by atoms with Gasteiger partial charge in [-0.05, 0) is 6.07 Å². The van der Waals surface area contributed by atoms with E-state index in [0.29, 0.717) is 5.39 Å². The van der Waals surface area contributed by atoms with E-state index in [4.69, 9.17) is 5.11 Å². The molecule has 0 saturated heterocycles. The van der Waals surface area contributed by atoms with Gasteiger partial charge in [-0.15, -0.1) is 0 Å². The molecule has 0 bridgehead atoms. The van der Waals surface area contributed by atoms with Crippen molar-refractivity contribution in [1.82, 2.24) is 10.3 Å². The average Bonchev–Trinajstić information content (AvgIpc) is 2.43. The van der Waals surface area contributed by atoms with Crippen molar-refractivity contribution in [3.63, 3.8) is 0 Å². The van der Waals surface area contributed by atoms with Gasteiger partial charge in [0.1, 0.15) is 17.8 Å². The van der Waals surface area contributed by atoms with E-state index in [9.17, 15) is 19.7 Å². The molecule has 8 nitrogen and oxygen atoms in total. The molecule has 8 heteroatoms. The van der Waals surface area contributed by atoms with Gasteiger partial charge in [-0.1, -0.05) is 18.2 Å². The summed E-state index contributed by atoms with van der Waals surface area (Å²) in [5, 5.41) is 22.0. The van der Waals surface area contributed by atoms with Crippen molar-refractivity contribution in [3.05, 3.63) is 46.1 Å². The highest BCUT2D eigenvalue weighted by Crippen LogP contribution is 2.23. The van der Waals surface area contributed by atoms with E-state index in [1.807, 2.05) is 0 Å². The predicted molar refractivity (Wildman–Crippen MR) is 68.4 cm³/mol. The minimum absolute atomic E-state index is 0.0759. The van der Waals surface area contributed by atoms with Gasteiger partial charge < -0.3 is 10.4 Å². The summed E-state index contributed by atoms with van der Waals surface area (Å²) in [6.45, 7) is -0.546. The Morgan fingerprint density at radius 3 is 2.70 bits per heavy atom. The summed E-state index contributed by atoms with van der Waals surface area (Å²) in [5.41, 5.74) is -0.205. The molecule has 1 aromatic heterocycles. The Bertz CT molecular complexity index is 713. The van der Waals surface area contributed by atoms with Crippen LogP contribution in [0.15, 0.2) is 30.3 Å². The molecule has 0 saturated carbocycles. The lowest BCUT2D eigenvalue weighted by Gasteiger charge is -2.03. The number of pyridine rings is 1.